The van der Waals surface area contributed by atoms with Gasteiger partial charge in [-0.3, -0.25) is 9.78 Å². The van der Waals surface area contributed by atoms with Crippen LogP contribution in [0.3, 0.4) is 0 Å². The molecule has 10 heteroatoms. The average molecular weight is 500 g/mol. The number of nitriles is 1. The van der Waals surface area contributed by atoms with E-state index in [4.69, 9.17) is 4.74 Å². The maximum atomic E-state index is 13.4. The van der Waals surface area contributed by atoms with Crippen LogP contribution in [0.15, 0.2) is 61.1 Å². The summed E-state index contributed by atoms with van der Waals surface area (Å²) in [5.74, 6) is -1.37. The highest BCUT2D eigenvalue weighted by Crippen LogP contribution is 2.30. The molecule has 0 saturated heterocycles. The summed E-state index contributed by atoms with van der Waals surface area (Å²) in [7, 11) is 0. The molecule has 1 aromatic carbocycles. The van der Waals surface area contributed by atoms with Crippen molar-refractivity contribution < 1.29 is 27.1 Å². The van der Waals surface area contributed by atoms with Crippen LogP contribution in [0, 0.1) is 17.1 Å². The first-order valence-electron chi connectivity index (χ1n) is 11.0. The van der Waals surface area contributed by atoms with Crippen LogP contribution in [0.5, 0.6) is 5.88 Å². The van der Waals surface area contributed by atoms with Gasteiger partial charge in [0.25, 0.3) is 5.91 Å². The first-order valence-corrected chi connectivity index (χ1v) is 11.0. The molecule has 1 amide bonds. The van der Waals surface area contributed by atoms with Crippen LogP contribution in [-0.2, 0) is 17.4 Å². The van der Waals surface area contributed by atoms with Crippen molar-refractivity contribution in [2.75, 3.05) is 0 Å². The van der Waals surface area contributed by atoms with Crippen molar-refractivity contribution >= 4 is 5.91 Å². The van der Waals surface area contributed by atoms with Crippen molar-refractivity contribution in [3.05, 3.63) is 89.1 Å². The Hall–Kier alpha value is -4.00. The molecule has 2 aromatic heterocycles. The van der Waals surface area contributed by atoms with Gasteiger partial charge in [-0.1, -0.05) is 12.1 Å². The predicted octanol–water partition coefficient (Wildman–Crippen LogP) is 5.19. The highest BCUT2D eigenvalue weighted by atomic mass is 19.4. The zero-order chi connectivity index (χ0) is 26.5. The lowest BCUT2D eigenvalue weighted by atomic mass is 9.86. The minimum atomic E-state index is -4.54. The van der Waals surface area contributed by atoms with E-state index in [9.17, 15) is 27.6 Å². The van der Waals surface area contributed by atoms with E-state index < -0.39 is 29.3 Å². The summed E-state index contributed by atoms with van der Waals surface area (Å²) < 4.78 is 57.3. The second-order valence-electron chi connectivity index (χ2n) is 8.81. The number of amides is 1. The van der Waals surface area contributed by atoms with E-state index in [1.54, 1.807) is 31.3 Å². The molecule has 2 heterocycles. The number of hydrogen-bond donors (Lipinski definition) is 1. The second-order valence-corrected chi connectivity index (χ2v) is 8.81. The Morgan fingerprint density at radius 1 is 1.11 bits per heavy atom. The van der Waals surface area contributed by atoms with Gasteiger partial charge in [-0.25, -0.2) is 9.37 Å². The fourth-order valence-electron chi connectivity index (χ4n) is 3.58. The van der Waals surface area contributed by atoms with E-state index in [1.165, 1.54) is 32.2 Å². The van der Waals surface area contributed by atoms with Gasteiger partial charge in [-0.15, -0.1) is 0 Å². The summed E-state index contributed by atoms with van der Waals surface area (Å²) >= 11 is 0. The third kappa shape index (κ3) is 6.78. The molecule has 0 bridgehead atoms. The van der Waals surface area contributed by atoms with Crippen LogP contribution >= 0.6 is 0 Å². The van der Waals surface area contributed by atoms with Crippen molar-refractivity contribution in [3.8, 4) is 11.9 Å². The van der Waals surface area contributed by atoms with Crippen LogP contribution in [0.1, 0.15) is 48.9 Å². The molecule has 0 aliphatic rings. The topological polar surface area (TPSA) is 87.9 Å². The minimum Gasteiger partial charge on any atom is -0.462 e. The van der Waals surface area contributed by atoms with Crippen molar-refractivity contribution in [2.45, 2.75) is 50.9 Å². The lowest BCUT2D eigenvalue weighted by Crippen LogP contribution is -2.51. The van der Waals surface area contributed by atoms with E-state index in [2.05, 4.69) is 15.3 Å². The fourth-order valence-corrected chi connectivity index (χ4v) is 3.58. The van der Waals surface area contributed by atoms with Gasteiger partial charge in [0.2, 0.25) is 5.88 Å². The van der Waals surface area contributed by atoms with Gasteiger partial charge in [0, 0.05) is 36.6 Å². The predicted molar refractivity (Wildman–Crippen MR) is 123 cm³/mol. The minimum absolute atomic E-state index is 0.135. The number of benzene rings is 1. The van der Waals surface area contributed by atoms with Gasteiger partial charge in [0.15, 0.2) is 5.60 Å². The number of aromatic nitrogens is 2. The smallest absolute Gasteiger partial charge is 0.417 e. The van der Waals surface area contributed by atoms with Gasteiger partial charge in [0.05, 0.1) is 11.1 Å². The molecular weight excluding hydrogens is 476 g/mol. The Morgan fingerprint density at radius 3 is 2.39 bits per heavy atom. The van der Waals surface area contributed by atoms with Crippen LogP contribution in [0.2, 0.25) is 0 Å². The first kappa shape index (κ1) is 26.6. The van der Waals surface area contributed by atoms with Gasteiger partial charge in [-0.2, -0.15) is 18.4 Å². The molecule has 0 fully saturated rings. The van der Waals surface area contributed by atoms with Crippen LogP contribution < -0.4 is 10.1 Å². The molecular formula is C26H24F4N4O2. The Bertz CT molecular complexity index is 1240. The molecule has 1 N–H and O–H groups in total. The summed E-state index contributed by atoms with van der Waals surface area (Å²) in [5.41, 5.74) is -0.521. The molecule has 0 saturated carbocycles. The fraction of sp³-hybridized carbons (Fsp3) is 0.308. The van der Waals surface area contributed by atoms with Crippen molar-refractivity contribution in [1.29, 1.82) is 5.26 Å². The molecule has 0 radical (unpaired) electrons. The number of halogens is 4. The summed E-state index contributed by atoms with van der Waals surface area (Å²) in [6, 6.07) is 11.1. The maximum absolute atomic E-state index is 13.4. The highest BCUT2D eigenvalue weighted by Gasteiger charge is 2.34. The SMILES string of the molecule is CC(NC(=O)C(C)(C)Oc1ccc(C(F)(F)F)cn1)C(Cc1ccc(F)cc1)c1cncc(C#N)c1. The number of nitrogens with zero attached hydrogens (tertiary/aromatic N) is 3. The molecule has 3 rings (SSSR count). The maximum Gasteiger partial charge on any atom is 0.417 e. The monoisotopic (exact) mass is 500 g/mol. The van der Waals surface area contributed by atoms with Gasteiger partial charge < -0.3 is 10.1 Å². The Morgan fingerprint density at radius 2 is 1.81 bits per heavy atom. The van der Waals surface area contributed by atoms with Crippen LogP contribution in [0.4, 0.5) is 17.6 Å². The molecule has 36 heavy (non-hydrogen) atoms. The molecule has 0 aliphatic heterocycles. The van der Waals surface area contributed by atoms with Crippen molar-refractivity contribution in [2.24, 2.45) is 0 Å². The zero-order valence-electron chi connectivity index (χ0n) is 19.8. The van der Waals surface area contributed by atoms with E-state index in [0.717, 1.165) is 17.7 Å². The van der Waals surface area contributed by atoms with Gasteiger partial charge >= 0.3 is 6.18 Å². The zero-order valence-corrected chi connectivity index (χ0v) is 19.8. The molecule has 188 valence electrons. The standard InChI is InChI=1S/C26H24F4N4O2/c1-16(34-24(35)25(2,3)36-23-9-6-20(15-33-23)26(28,29)30)22(11-17-4-7-21(27)8-5-17)19-10-18(12-31)13-32-14-19/h4-10,13-16,22H,11H2,1-3H3,(H,34,35). The van der Waals surface area contributed by atoms with Gasteiger partial charge in [-0.05, 0) is 62.6 Å². The van der Waals surface area contributed by atoms with E-state index in [1.807, 2.05) is 6.07 Å². The first-order chi connectivity index (χ1) is 16.9. The summed E-state index contributed by atoms with van der Waals surface area (Å²) in [6.45, 7) is 4.72. The van der Waals surface area contributed by atoms with Crippen LogP contribution in [0.25, 0.3) is 0 Å². The normalized spacial score (nSPS) is 13.4. The molecule has 0 spiro atoms. The largest absolute Gasteiger partial charge is 0.462 e. The average Bonchev–Trinajstić information content (AvgIpc) is 2.83. The molecule has 2 atom stereocenters. The van der Waals surface area contributed by atoms with Crippen LogP contribution in [-0.4, -0.2) is 27.5 Å². The number of ether oxygens (including phenoxy) is 1. The number of carbonyl (C=O) groups is 1. The van der Waals surface area contributed by atoms with E-state index >= 15 is 0 Å². The quantitative estimate of drug-likeness (QED) is 0.430. The van der Waals surface area contributed by atoms with E-state index in [0.29, 0.717) is 23.7 Å². The molecule has 0 aliphatic carbocycles. The summed E-state index contributed by atoms with van der Waals surface area (Å²) in [5, 5.41) is 12.2. The number of pyridine rings is 2. The third-order valence-corrected chi connectivity index (χ3v) is 5.62. The molecule has 2 unspecified atom stereocenters. The van der Waals surface area contributed by atoms with Gasteiger partial charge in [0.1, 0.15) is 11.9 Å². The number of alkyl halides is 3. The third-order valence-electron chi connectivity index (χ3n) is 5.62. The lowest BCUT2D eigenvalue weighted by Gasteiger charge is -2.30. The van der Waals surface area contributed by atoms with Crippen molar-refractivity contribution in [1.82, 2.24) is 15.3 Å². The van der Waals surface area contributed by atoms with Crippen molar-refractivity contribution in [3.63, 3.8) is 0 Å². The number of nitrogens with one attached hydrogen (secondary N) is 1. The number of carbonyl (C=O) groups excluding carboxylic acids is 1. The Labute approximate surface area is 206 Å². The summed E-state index contributed by atoms with van der Waals surface area (Å²) in [4.78, 5) is 20.9. The number of hydrogen-bond acceptors (Lipinski definition) is 5. The Balaban J connectivity index is 1.79. The summed E-state index contributed by atoms with van der Waals surface area (Å²) in [6.07, 6.45) is -0.452. The van der Waals surface area contributed by atoms with E-state index in [-0.39, 0.29) is 17.6 Å². The molecule has 6 nitrogen and oxygen atoms in total. The number of rotatable bonds is 8. The molecule has 3 aromatic rings. The Kier molecular flexibility index (Phi) is 7.93. The second kappa shape index (κ2) is 10.7. The highest BCUT2D eigenvalue weighted by molar-refractivity contribution is 5.85. The lowest BCUT2D eigenvalue weighted by molar-refractivity contribution is -0.138.